The zero-order valence-electron chi connectivity index (χ0n) is 14.3. The molecule has 1 amide bonds. The van der Waals surface area contributed by atoms with Gasteiger partial charge < -0.3 is 14.6 Å². The van der Waals surface area contributed by atoms with Gasteiger partial charge in [0.25, 0.3) is 0 Å². The van der Waals surface area contributed by atoms with Gasteiger partial charge in [-0.3, -0.25) is 4.79 Å². The Morgan fingerprint density at radius 3 is 3.08 bits per heavy atom. The van der Waals surface area contributed by atoms with Crippen molar-refractivity contribution in [3.05, 3.63) is 30.1 Å². The molecule has 6 heteroatoms. The first-order valence-electron chi connectivity index (χ1n) is 8.63. The number of para-hydroxylation sites is 2. The minimum atomic E-state index is -0.104. The van der Waals surface area contributed by atoms with Crippen LogP contribution in [-0.4, -0.2) is 39.7 Å². The van der Waals surface area contributed by atoms with E-state index in [9.17, 15) is 4.79 Å². The maximum absolute atomic E-state index is 12.2. The zero-order valence-corrected chi connectivity index (χ0v) is 15.1. The first kappa shape index (κ1) is 17.3. The Morgan fingerprint density at radius 1 is 1.50 bits per heavy atom. The third kappa shape index (κ3) is 3.92. The minimum absolute atomic E-state index is 0.0557. The molecular formula is C18H25N3O2S. The molecule has 0 radical (unpaired) electrons. The summed E-state index contributed by atoms with van der Waals surface area (Å²) in [5.74, 6) is 2.34. The topological polar surface area (TPSA) is 56.2 Å². The van der Waals surface area contributed by atoms with Crippen molar-refractivity contribution in [1.82, 2.24) is 14.9 Å². The van der Waals surface area contributed by atoms with Crippen molar-refractivity contribution in [3.8, 4) is 0 Å². The van der Waals surface area contributed by atoms with Crippen LogP contribution in [0.4, 0.5) is 0 Å². The van der Waals surface area contributed by atoms with Crippen LogP contribution in [-0.2, 0) is 16.1 Å². The molecule has 130 valence electrons. The minimum Gasteiger partial charge on any atom is -0.377 e. The van der Waals surface area contributed by atoms with Gasteiger partial charge in [-0.05, 0) is 38.8 Å². The SMILES string of the molecule is CCn1c([C@H](C)NC(=O)CSC[C@@H]2CCCO2)nc2ccccc21. The molecule has 0 aliphatic carbocycles. The lowest BCUT2D eigenvalue weighted by atomic mass is 10.3. The summed E-state index contributed by atoms with van der Waals surface area (Å²) in [5, 5.41) is 3.07. The van der Waals surface area contributed by atoms with Crippen LogP contribution in [0.3, 0.4) is 0 Å². The highest BCUT2D eigenvalue weighted by Gasteiger charge is 2.19. The standard InChI is InChI=1S/C18H25N3O2S/c1-3-21-16-9-5-4-8-15(16)20-18(21)13(2)19-17(22)12-24-11-14-7-6-10-23-14/h4-5,8-9,13-14H,3,6-7,10-12H2,1-2H3,(H,19,22)/t13-,14-/m0/s1. The monoisotopic (exact) mass is 347 g/mol. The van der Waals surface area contributed by atoms with Crippen molar-refractivity contribution < 1.29 is 9.53 Å². The van der Waals surface area contributed by atoms with Gasteiger partial charge in [0.05, 0.1) is 28.9 Å². The molecule has 1 aliphatic rings. The number of imidazole rings is 1. The van der Waals surface area contributed by atoms with Crippen molar-refractivity contribution in [2.24, 2.45) is 0 Å². The predicted molar refractivity (Wildman–Crippen MR) is 98.3 cm³/mol. The van der Waals surface area contributed by atoms with Crippen molar-refractivity contribution in [3.63, 3.8) is 0 Å². The number of benzene rings is 1. The van der Waals surface area contributed by atoms with E-state index in [0.717, 1.165) is 48.6 Å². The molecule has 5 nitrogen and oxygen atoms in total. The molecule has 1 saturated heterocycles. The van der Waals surface area contributed by atoms with E-state index < -0.39 is 0 Å². The molecule has 3 rings (SSSR count). The summed E-state index contributed by atoms with van der Waals surface area (Å²) in [6, 6.07) is 7.99. The summed E-state index contributed by atoms with van der Waals surface area (Å²) in [6.07, 6.45) is 2.58. The lowest BCUT2D eigenvalue weighted by Gasteiger charge is -2.15. The maximum atomic E-state index is 12.2. The second-order valence-corrected chi connectivity index (χ2v) is 7.17. The van der Waals surface area contributed by atoms with Crippen LogP contribution < -0.4 is 5.32 Å². The van der Waals surface area contributed by atoms with Gasteiger partial charge in [0, 0.05) is 18.9 Å². The Hall–Kier alpha value is -1.53. The quantitative estimate of drug-likeness (QED) is 0.836. The van der Waals surface area contributed by atoms with Crippen LogP contribution in [0.15, 0.2) is 24.3 Å². The molecule has 2 heterocycles. The van der Waals surface area contributed by atoms with Gasteiger partial charge in [-0.15, -0.1) is 11.8 Å². The largest absolute Gasteiger partial charge is 0.377 e. The molecule has 2 atom stereocenters. The number of carbonyl (C=O) groups is 1. The van der Waals surface area contributed by atoms with Crippen LogP contribution in [0.25, 0.3) is 11.0 Å². The first-order valence-corrected chi connectivity index (χ1v) is 9.78. The van der Waals surface area contributed by atoms with E-state index in [1.165, 1.54) is 0 Å². The molecule has 1 aromatic heterocycles. The molecule has 0 unspecified atom stereocenters. The Balaban J connectivity index is 1.57. The summed E-state index contributed by atoms with van der Waals surface area (Å²) in [4.78, 5) is 16.9. The second-order valence-electron chi connectivity index (χ2n) is 6.14. The number of aryl methyl sites for hydroxylation is 1. The van der Waals surface area contributed by atoms with Crippen LogP contribution >= 0.6 is 11.8 Å². The van der Waals surface area contributed by atoms with Crippen LogP contribution in [0.1, 0.15) is 38.6 Å². The van der Waals surface area contributed by atoms with E-state index in [-0.39, 0.29) is 11.9 Å². The van der Waals surface area contributed by atoms with Crippen LogP contribution in [0.5, 0.6) is 0 Å². The molecule has 1 aliphatic heterocycles. The Bertz CT molecular complexity index is 695. The van der Waals surface area contributed by atoms with Gasteiger partial charge in [-0.25, -0.2) is 4.98 Å². The maximum Gasteiger partial charge on any atom is 0.230 e. The molecule has 1 fully saturated rings. The Morgan fingerprint density at radius 2 is 2.33 bits per heavy atom. The third-order valence-corrected chi connectivity index (χ3v) is 5.40. The number of hydrogen-bond donors (Lipinski definition) is 1. The number of carbonyl (C=O) groups excluding carboxylic acids is 1. The van der Waals surface area contributed by atoms with Gasteiger partial charge in [-0.1, -0.05) is 12.1 Å². The number of hydrogen-bond acceptors (Lipinski definition) is 4. The zero-order chi connectivity index (χ0) is 16.9. The molecule has 0 saturated carbocycles. The molecule has 1 aromatic carbocycles. The highest BCUT2D eigenvalue weighted by atomic mass is 32.2. The van der Waals surface area contributed by atoms with Crippen molar-refractivity contribution in [2.45, 2.75) is 45.4 Å². The number of aromatic nitrogens is 2. The Labute approximate surface area is 147 Å². The number of ether oxygens (including phenoxy) is 1. The van der Waals surface area contributed by atoms with E-state index in [4.69, 9.17) is 9.72 Å². The van der Waals surface area contributed by atoms with Gasteiger partial charge in [0.2, 0.25) is 5.91 Å². The van der Waals surface area contributed by atoms with Gasteiger partial charge in [-0.2, -0.15) is 0 Å². The molecule has 0 spiro atoms. The van der Waals surface area contributed by atoms with Crippen molar-refractivity contribution >= 4 is 28.7 Å². The summed E-state index contributed by atoms with van der Waals surface area (Å²) in [6.45, 7) is 5.80. The summed E-state index contributed by atoms with van der Waals surface area (Å²) in [5.41, 5.74) is 2.09. The number of rotatable bonds is 7. The summed E-state index contributed by atoms with van der Waals surface area (Å²) >= 11 is 1.65. The lowest BCUT2D eigenvalue weighted by molar-refractivity contribution is -0.119. The number of nitrogens with one attached hydrogen (secondary N) is 1. The molecular weight excluding hydrogens is 322 g/mol. The second kappa shape index (κ2) is 8.03. The van der Waals surface area contributed by atoms with E-state index in [1.807, 2.05) is 25.1 Å². The Kier molecular flexibility index (Phi) is 5.79. The van der Waals surface area contributed by atoms with E-state index in [0.29, 0.717) is 11.9 Å². The predicted octanol–water partition coefficient (Wildman–Crippen LogP) is 3.15. The number of amides is 1. The van der Waals surface area contributed by atoms with E-state index >= 15 is 0 Å². The fraction of sp³-hybridized carbons (Fsp3) is 0.556. The summed E-state index contributed by atoms with van der Waals surface area (Å²) in [7, 11) is 0. The molecule has 2 aromatic rings. The fourth-order valence-corrected chi connectivity index (χ4v) is 4.08. The number of nitrogens with zero attached hydrogens (tertiary/aromatic N) is 2. The van der Waals surface area contributed by atoms with Gasteiger partial charge in [0.1, 0.15) is 5.82 Å². The average molecular weight is 347 g/mol. The van der Waals surface area contributed by atoms with Crippen LogP contribution in [0, 0.1) is 0 Å². The van der Waals surface area contributed by atoms with Crippen molar-refractivity contribution in [2.75, 3.05) is 18.1 Å². The van der Waals surface area contributed by atoms with E-state index in [1.54, 1.807) is 11.8 Å². The summed E-state index contributed by atoms with van der Waals surface area (Å²) < 4.78 is 7.75. The highest BCUT2D eigenvalue weighted by Crippen LogP contribution is 2.21. The molecule has 24 heavy (non-hydrogen) atoms. The van der Waals surface area contributed by atoms with E-state index in [2.05, 4.69) is 22.9 Å². The number of fused-ring (bicyclic) bond motifs is 1. The fourth-order valence-electron chi connectivity index (χ4n) is 3.16. The van der Waals surface area contributed by atoms with Crippen molar-refractivity contribution in [1.29, 1.82) is 0 Å². The normalized spacial score (nSPS) is 18.8. The molecule has 1 N–H and O–H groups in total. The third-order valence-electron chi connectivity index (χ3n) is 4.33. The average Bonchev–Trinajstić information content (AvgIpc) is 3.21. The first-order chi connectivity index (χ1) is 11.7. The number of thioether (sulfide) groups is 1. The van der Waals surface area contributed by atoms with Crippen LogP contribution in [0.2, 0.25) is 0 Å². The van der Waals surface area contributed by atoms with Gasteiger partial charge in [0.15, 0.2) is 0 Å². The highest BCUT2D eigenvalue weighted by molar-refractivity contribution is 7.99. The smallest absolute Gasteiger partial charge is 0.230 e. The molecule has 0 bridgehead atoms. The van der Waals surface area contributed by atoms with Gasteiger partial charge >= 0.3 is 0 Å². The lowest BCUT2D eigenvalue weighted by Crippen LogP contribution is -2.30.